The Morgan fingerprint density at radius 2 is 2.10 bits per heavy atom. The first-order chi connectivity index (χ1) is 10.3. The summed E-state index contributed by atoms with van der Waals surface area (Å²) in [5, 5.41) is 11.4. The molecule has 0 aliphatic carbocycles. The zero-order valence-corrected chi connectivity index (χ0v) is 11.7. The van der Waals surface area contributed by atoms with E-state index in [1.165, 1.54) is 0 Å². The summed E-state index contributed by atoms with van der Waals surface area (Å²) in [6.45, 7) is 1.38. The van der Waals surface area contributed by atoms with E-state index in [1.54, 1.807) is 17.1 Å². The van der Waals surface area contributed by atoms with Crippen LogP contribution in [0, 0.1) is 0 Å². The monoisotopic (exact) mass is 289 g/mol. The van der Waals surface area contributed by atoms with E-state index in [9.17, 15) is 4.79 Å². The van der Waals surface area contributed by atoms with E-state index in [4.69, 9.17) is 9.84 Å². The van der Waals surface area contributed by atoms with Crippen LogP contribution in [-0.4, -0.2) is 46.9 Å². The fraction of sp³-hybridized carbons (Fsp3) is 0.333. The van der Waals surface area contributed by atoms with Crippen molar-refractivity contribution in [2.24, 2.45) is 0 Å². The summed E-state index contributed by atoms with van der Waals surface area (Å²) < 4.78 is 6.88. The van der Waals surface area contributed by atoms with Crippen molar-refractivity contribution < 1.29 is 14.6 Å². The van der Waals surface area contributed by atoms with Gasteiger partial charge in [-0.25, -0.2) is 4.98 Å². The van der Waals surface area contributed by atoms with E-state index in [1.807, 2.05) is 30.3 Å². The Hall–Kier alpha value is -2.18. The molecular weight excluding hydrogens is 270 g/mol. The third-order valence-corrected chi connectivity index (χ3v) is 2.89. The number of aliphatic hydroxyl groups is 1. The molecule has 0 fully saturated rings. The van der Waals surface area contributed by atoms with Crippen molar-refractivity contribution in [2.75, 3.05) is 26.4 Å². The number of carbonyl (C=O) groups excluding carboxylic acids is 1. The van der Waals surface area contributed by atoms with Gasteiger partial charge in [-0.1, -0.05) is 18.2 Å². The lowest BCUT2D eigenvalue weighted by molar-refractivity contribution is 0.0865. The van der Waals surface area contributed by atoms with Gasteiger partial charge in [0.15, 0.2) is 0 Å². The summed E-state index contributed by atoms with van der Waals surface area (Å²) in [4.78, 5) is 16.2. The van der Waals surface area contributed by atoms with E-state index in [0.29, 0.717) is 31.9 Å². The summed E-state index contributed by atoms with van der Waals surface area (Å²) in [5.74, 6) is -0.168. The molecule has 0 atom stereocenters. The molecule has 0 saturated carbocycles. The van der Waals surface area contributed by atoms with Crippen molar-refractivity contribution in [1.29, 1.82) is 0 Å². The number of benzene rings is 1. The Morgan fingerprint density at radius 3 is 2.86 bits per heavy atom. The van der Waals surface area contributed by atoms with Crippen LogP contribution in [0.5, 0.6) is 0 Å². The number of ether oxygens (including phenoxy) is 1. The molecule has 1 heterocycles. The van der Waals surface area contributed by atoms with Crippen molar-refractivity contribution in [3.05, 3.63) is 48.5 Å². The molecule has 2 N–H and O–H groups in total. The summed E-state index contributed by atoms with van der Waals surface area (Å²) in [7, 11) is 0. The summed E-state index contributed by atoms with van der Waals surface area (Å²) >= 11 is 0. The average Bonchev–Trinajstić information content (AvgIpc) is 3.01. The van der Waals surface area contributed by atoms with Crippen LogP contribution in [0.4, 0.5) is 0 Å². The van der Waals surface area contributed by atoms with E-state index in [-0.39, 0.29) is 12.5 Å². The van der Waals surface area contributed by atoms with Crippen LogP contribution in [0.3, 0.4) is 0 Å². The second-order valence-electron chi connectivity index (χ2n) is 4.43. The highest BCUT2D eigenvalue weighted by molar-refractivity contribution is 5.92. The Balaban J connectivity index is 1.88. The van der Waals surface area contributed by atoms with Gasteiger partial charge >= 0.3 is 0 Å². The van der Waals surface area contributed by atoms with Crippen LogP contribution in [0.15, 0.2) is 42.9 Å². The van der Waals surface area contributed by atoms with E-state index in [2.05, 4.69) is 10.3 Å². The summed E-state index contributed by atoms with van der Waals surface area (Å²) in [6.07, 6.45) is 3.87. The number of amides is 1. The maximum absolute atomic E-state index is 12.1. The lowest BCUT2D eigenvalue weighted by atomic mass is 10.3. The Morgan fingerprint density at radius 1 is 1.29 bits per heavy atom. The normalized spacial score (nSPS) is 10.5. The SMILES string of the molecule is O=C(NCCCOCCO)c1cncn1-c1ccccc1. The number of carbonyl (C=O) groups is 1. The number of rotatable bonds is 8. The first kappa shape index (κ1) is 15.2. The number of hydrogen-bond donors (Lipinski definition) is 2. The van der Waals surface area contributed by atoms with E-state index < -0.39 is 0 Å². The van der Waals surface area contributed by atoms with E-state index >= 15 is 0 Å². The van der Waals surface area contributed by atoms with Crippen molar-refractivity contribution in [3.63, 3.8) is 0 Å². The third kappa shape index (κ3) is 4.40. The van der Waals surface area contributed by atoms with Crippen LogP contribution in [0.2, 0.25) is 0 Å². The summed E-state index contributed by atoms with van der Waals surface area (Å²) in [6, 6.07) is 9.58. The smallest absolute Gasteiger partial charge is 0.269 e. The molecule has 6 heteroatoms. The quantitative estimate of drug-likeness (QED) is 0.711. The second kappa shape index (κ2) is 8.18. The highest BCUT2D eigenvalue weighted by Crippen LogP contribution is 2.10. The first-order valence-corrected chi connectivity index (χ1v) is 6.87. The van der Waals surface area contributed by atoms with Gasteiger partial charge in [-0.15, -0.1) is 0 Å². The Labute approximate surface area is 123 Å². The maximum atomic E-state index is 12.1. The van der Waals surface area contributed by atoms with Crippen LogP contribution in [0.1, 0.15) is 16.9 Å². The molecule has 1 aromatic carbocycles. The Bertz CT molecular complexity index is 554. The largest absolute Gasteiger partial charge is 0.394 e. The molecule has 2 rings (SSSR count). The summed E-state index contributed by atoms with van der Waals surface area (Å²) in [5.41, 5.74) is 1.39. The van der Waals surface area contributed by atoms with Gasteiger partial charge in [0.2, 0.25) is 0 Å². The highest BCUT2D eigenvalue weighted by atomic mass is 16.5. The number of hydrogen-bond acceptors (Lipinski definition) is 4. The van der Waals surface area contributed by atoms with Gasteiger partial charge in [-0.3, -0.25) is 9.36 Å². The number of nitrogens with zero attached hydrogens (tertiary/aromatic N) is 2. The lowest BCUT2D eigenvalue weighted by Crippen LogP contribution is -2.27. The van der Waals surface area contributed by atoms with Crippen molar-refractivity contribution >= 4 is 5.91 Å². The fourth-order valence-electron chi connectivity index (χ4n) is 1.89. The highest BCUT2D eigenvalue weighted by Gasteiger charge is 2.12. The molecule has 0 saturated heterocycles. The zero-order chi connectivity index (χ0) is 14.9. The molecule has 1 aromatic heterocycles. The van der Waals surface area contributed by atoms with Gasteiger partial charge in [0.05, 0.1) is 25.7 Å². The van der Waals surface area contributed by atoms with Crippen LogP contribution in [-0.2, 0) is 4.74 Å². The zero-order valence-electron chi connectivity index (χ0n) is 11.7. The Kier molecular flexibility index (Phi) is 5.93. The predicted molar refractivity (Wildman–Crippen MR) is 78.4 cm³/mol. The van der Waals surface area contributed by atoms with Gasteiger partial charge in [0, 0.05) is 18.8 Å². The van der Waals surface area contributed by atoms with Crippen molar-refractivity contribution in [3.8, 4) is 5.69 Å². The molecule has 0 aliphatic rings. The van der Waals surface area contributed by atoms with Gasteiger partial charge in [0.1, 0.15) is 5.69 Å². The van der Waals surface area contributed by atoms with Crippen molar-refractivity contribution in [1.82, 2.24) is 14.9 Å². The minimum absolute atomic E-state index is 0.0165. The number of para-hydroxylation sites is 1. The van der Waals surface area contributed by atoms with E-state index in [0.717, 1.165) is 5.69 Å². The minimum Gasteiger partial charge on any atom is -0.394 e. The molecular formula is C15H19N3O3. The topological polar surface area (TPSA) is 76.4 Å². The molecule has 1 amide bonds. The van der Waals surface area contributed by atoms with Crippen LogP contribution in [0.25, 0.3) is 5.69 Å². The lowest BCUT2D eigenvalue weighted by Gasteiger charge is -2.09. The number of imidazole rings is 1. The standard InChI is InChI=1S/C15H19N3O3/c19-8-10-21-9-4-7-17-15(20)14-11-16-12-18(14)13-5-2-1-3-6-13/h1-3,5-6,11-12,19H,4,7-10H2,(H,17,20). The predicted octanol–water partition coefficient (Wildman–Crippen LogP) is 1.00. The molecule has 2 aromatic rings. The first-order valence-electron chi connectivity index (χ1n) is 6.87. The second-order valence-corrected chi connectivity index (χ2v) is 4.43. The average molecular weight is 289 g/mol. The maximum Gasteiger partial charge on any atom is 0.269 e. The van der Waals surface area contributed by atoms with Crippen LogP contribution < -0.4 is 5.32 Å². The molecule has 0 bridgehead atoms. The van der Waals surface area contributed by atoms with Gasteiger partial charge in [-0.2, -0.15) is 0 Å². The minimum atomic E-state index is -0.168. The number of nitrogens with one attached hydrogen (secondary N) is 1. The fourth-order valence-corrected chi connectivity index (χ4v) is 1.89. The van der Waals surface area contributed by atoms with Gasteiger partial charge in [-0.05, 0) is 18.6 Å². The molecule has 6 nitrogen and oxygen atoms in total. The third-order valence-electron chi connectivity index (χ3n) is 2.89. The number of aromatic nitrogens is 2. The molecule has 0 unspecified atom stereocenters. The number of aliphatic hydroxyl groups excluding tert-OH is 1. The molecule has 112 valence electrons. The van der Waals surface area contributed by atoms with Gasteiger partial charge < -0.3 is 15.2 Å². The molecule has 0 radical (unpaired) electrons. The molecule has 0 aliphatic heterocycles. The van der Waals surface area contributed by atoms with Crippen molar-refractivity contribution in [2.45, 2.75) is 6.42 Å². The molecule has 0 spiro atoms. The molecule has 21 heavy (non-hydrogen) atoms. The van der Waals surface area contributed by atoms with Crippen LogP contribution >= 0.6 is 0 Å². The van der Waals surface area contributed by atoms with Gasteiger partial charge in [0.25, 0.3) is 5.91 Å².